The molecule has 1 aliphatic heterocycles. The van der Waals surface area contributed by atoms with E-state index in [1.54, 1.807) is 17.4 Å². The Morgan fingerprint density at radius 2 is 1.90 bits per heavy atom. The van der Waals surface area contributed by atoms with Crippen molar-refractivity contribution < 1.29 is 9.53 Å². The lowest BCUT2D eigenvalue weighted by Gasteiger charge is -2.30. The Labute approximate surface area is 188 Å². The van der Waals surface area contributed by atoms with Gasteiger partial charge in [0.15, 0.2) is 0 Å². The van der Waals surface area contributed by atoms with Gasteiger partial charge in [0, 0.05) is 31.6 Å². The van der Waals surface area contributed by atoms with E-state index >= 15 is 0 Å². The number of piperidine rings is 1. The third kappa shape index (κ3) is 5.71. The van der Waals surface area contributed by atoms with Gasteiger partial charge < -0.3 is 14.5 Å². The van der Waals surface area contributed by atoms with Gasteiger partial charge in [0.05, 0.1) is 15.2 Å². The van der Waals surface area contributed by atoms with Crippen molar-refractivity contribution in [1.29, 1.82) is 0 Å². The number of aromatic nitrogens is 1. The molecule has 5 nitrogen and oxygen atoms in total. The molecule has 1 aromatic heterocycles. The van der Waals surface area contributed by atoms with Gasteiger partial charge in [-0.05, 0) is 62.8 Å². The zero-order valence-corrected chi connectivity index (χ0v) is 19.0. The Morgan fingerprint density at radius 3 is 2.61 bits per heavy atom. The van der Waals surface area contributed by atoms with Gasteiger partial charge in [-0.3, -0.25) is 4.79 Å². The first-order valence-electron chi connectivity index (χ1n) is 10.8. The molecule has 3 aromatic rings. The van der Waals surface area contributed by atoms with E-state index in [9.17, 15) is 4.79 Å². The number of ether oxygens (including phenoxy) is 1. The first-order valence-corrected chi connectivity index (χ1v) is 11.6. The van der Waals surface area contributed by atoms with E-state index in [-0.39, 0.29) is 5.91 Å². The molecule has 2 aromatic carbocycles. The lowest BCUT2D eigenvalue weighted by molar-refractivity contribution is -0.126. The van der Waals surface area contributed by atoms with Crippen LogP contribution in [0.15, 0.2) is 54.6 Å². The quantitative estimate of drug-likeness (QED) is 0.507. The number of rotatable bonds is 7. The SMILES string of the molecule is CN(C)CCOc1ccc(C=CC(=O)N2CCC(c3nc4ccccc4s3)CC2)cc1. The molecule has 0 saturated carbocycles. The van der Waals surface area contributed by atoms with Crippen molar-refractivity contribution in [3.8, 4) is 5.75 Å². The van der Waals surface area contributed by atoms with Gasteiger partial charge in [0.2, 0.25) is 5.91 Å². The number of likely N-dealkylation sites (N-methyl/N-ethyl adjacent to an activating group) is 1. The maximum absolute atomic E-state index is 12.6. The maximum Gasteiger partial charge on any atom is 0.246 e. The van der Waals surface area contributed by atoms with Crippen LogP contribution < -0.4 is 4.74 Å². The average Bonchev–Trinajstić information content (AvgIpc) is 3.22. The second kappa shape index (κ2) is 10.1. The minimum atomic E-state index is 0.0778. The highest BCUT2D eigenvalue weighted by molar-refractivity contribution is 7.18. The lowest BCUT2D eigenvalue weighted by Crippen LogP contribution is -2.36. The molecule has 6 heteroatoms. The zero-order valence-electron chi connectivity index (χ0n) is 18.2. The van der Waals surface area contributed by atoms with Crippen molar-refractivity contribution in [2.45, 2.75) is 18.8 Å². The van der Waals surface area contributed by atoms with Crippen LogP contribution in [0.1, 0.15) is 29.3 Å². The molecule has 1 aliphatic rings. The maximum atomic E-state index is 12.6. The van der Waals surface area contributed by atoms with Crippen molar-refractivity contribution in [3.63, 3.8) is 0 Å². The van der Waals surface area contributed by atoms with E-state index < -0.39 is 0 Å². The molecule has 2 heterocycles. The molecule has 0 bridgehead atoms. The standard InChI is InChI=1S/C25H29N3O2S/c1-27(2)17-18-30-21-10-7-19(8-11-21)9-12-24(29)28-15-13-20(14-16-28)25-26-22-5-3-4-6-23(22)31-25/h3-12,20H,13-18H2,1-2H3. The molecule has 0 spiro atoms. The van der Waals surface area contributed by atoms with E-state index in [1.807, 2.05) is 55.4 Å². The molecule has 1 fully saturated rings. The molecule has 1 saturated heterocycles. The number of thiazole rings is 1. The van der Waals surface area contributed by atoms with E-state index in [4.69, 9.17) is 9.72 Å². The molecule has 0 aliphatic carbocycles. The summed E-state index contributed by atoms with van der Waals surface area (Å²) in [5, 5.41) is 1.21. The molecular formula is C25H29N3O2S. The Bertz CT molecular complexity index is 1000. The van der Waals surface area contributed by atoms with E-state index in [2.05, 4.69) is 23.1 Å². The monoisotopic (exact) mass is 435 g/mol. The molecule has 162 valence electrons. The van der Waals surface area contributed by atoms with Gasteiger partial charge in [0.1, 0.15) is 12.4 Å². The first kappa shape index (κ1) is 21.5. The molecule has 0 atom stereocenters. The third-order valence-electron chi connectivity index (χ3n) is 5.57. The fraction of sp³-hybridized carbons (Fsp3) is 0.360. The highest BCUT2D eigenvalue weighted by Gasteiger charge is 2.25. The molecule has 0 radical (unpaired) electrons. The largest absolute Gasteiger partial charge is 0.492 e. The number of carbonyl (C=O) groups is 1. The number of benzene rings is 2. The molecule has 0 N–H and O–H groups in total. The second-order valence-corrected chi connectivity index (χ2v) is 9.24. The van der Waals surface area contributed by atoms with Crippen molar-refractivity contribution >= 4 is 33.5 Å². The number of hydrogen-bond donors (Lipinski definition) is 0. The molecule has 0 unspecified atom stereocenters. The smallest absolute Gasteiger partial charge is 0.246 e. The number of amides is 1. The van der Waals surface area contributed by atoms with Crippen molar-refractivity contribution in [3.05, 3.63) is 65.2 Å². The normalized spacial score (nSPS) is 15.3. The van der Waals surface area contributed by atoms with Crippen LogP contribution in [0.4, 0.5) is 0 Å². The number of carbonyl (C=O) groups excluding carboxylic acids is 1. The van der Waals surface area contributed by atoms with Crippen molar-refractivity contribution in [2.75, 3.05) is 40.3 Å². The summed E-state index contributed by atoms with van der Waals surface area (Å²) >= 11 is 1.79. The molecule has 31 heavy (non-hydrogen) atoms. The number of nitrogens with zero attached hydrogens (tertiary/aromatic N) is 3. The van der Waals surface area contributed by atoms with Gasteiger partial charge in [-0.15, -0.1) is 11.3 Å². The first-order chi connectivity index (χ1) is 15.1. The second-order valence-electron chi connectivity index (χ2n) is 8.17. The number of hydrogen-bond acceptors (Lipinski definition) is 5. The van der Waals surface area contributed by atoms with Gasteiger partial charge in [0.25, 0.3) is 0 Å². The summed E-state index contributed by atoms with van der Waals surface area (Å²) in [5.74, 6) is 1.38. The van der Waals surface area contributed by atoms with Crippen LogP contribution in [0.3, 0.4) is 0 Å². The Morgan fingerprint density at radius 1 is 1.16 bits per heavy atom. The van der Waals surface area contributed by atoms with Crippen LogP contribution in [0.5, 0.6) is 5.75 Å². The summed E-state index contributed by atoms with van der Waals surface area (Å²) in [6, 6.07) is 16.1. The van der Waals surface area contributed by atoms with Crippen LogP contribution in [0.2, 0.25) is 0 Å². The minimum absolute atomic E-state index is 0.0778. The third-order valence-corrected chi connectivity index (χ3v) is 6.77. The molecular weight excluding hydrogens is 406 g/mol. The van der Waals surface area contributed by atoms with Crippen LogP contribution in [0, 0.1) is 0 Å². The van der Waals surface area contributed by atoms with E-state index in [0.717, 1.165) is 49.3 Å². The number of likely N-dealkylation sites (tertiary alicyclic amines) is 1. The van der Waals surface area contributed by atoms with E-state index in [0.29, 0.717) is 12.5 Å². The van der Waals surface area contributed by atoms with Gasteiger partial charge >= 0.3 is 0 Å². The van der Waals surface area contributed by atoms with Crippen molar-refractivity contribution in [2.24, 2.45) is 0 Å². The Balaban J connectivity index is 1.27. The van der Waals surface area contributed by atoms with Crippen molar-refractivity contribution in [1.82, 2.24) is 14.8 Å². The summed E-state index contributed by atoms with van der Waals surface area (Å²) in [4.78, 5) is 21.5. The van der Waals surface area contributed by atoms with Crippen LogP contribution >= 0.6 is 11.3 Å². The number of fused-ring (bicyclic) bond motifs is 1. The summed E-state index contributed by atoms with van der Waals surface area (Å²) < 4.78 is 6.96. The fourth-order valence-corrected chi connectivity index (χ4v) is 4.84. The summed E-state index contributed by atoms with van der Waals surface area (Å²) in [6.45, 7) is 3.10. The summed E-state index contributed by atoms with van der Waals surface area (Å²) in [5.41, 5.74) is 2.08. The zero-order chi connectivity index (χ0) is 21.6. The summed E-state index contributed by atoms with van der Waals surface area (Å²) in [7, 11) is 4.05. The lowest BCUT2D eigenvalue weighted by atomic mass is 9.97. The minimum Gasteiger partial charge on any atom is -0.492 e. The van der Waals surface area contributed by atoms with Gasteiger partial charge in [-0.1, -0.05) is 24.3 Å². The summed E-state index contributed by atoms with van der Waals surface area (Å²) in [6.07, 6.45) is 5.50. The Kier molecular flexibility index (Phi) is 6.99. The number of para-hydroxylation sites is 1. The predicted octanol–water partition coefficient (Wildman–Crippen LogP) is 4.66. The molecule has 1 amide bonds. The predicted molar refractivity (Wildman–Crippen MR) is 128 cm³/mol. The molecule has 4 rings (SSSR count). The highest BCUT2D eigenvalue weighted by Crippen LogP contribution is 2.33. The fourth-order valence-electron chi connectivity index (χ4n) is 3.71. The Hall–Kier alpha value is -2.70. The van der Waals surface area contributed by atoms with Crippen LogP contribution in [-0.4, -0.2) is 61.0 Å². The highest BCUT2D eigenvalue weighted by atomic mass is 32.1. The van der Waals surface area contributed by atoms with Gasteiger partial charge in [-0.25, -0.2) is 4.98 Å². The van der Waals surface area contributed by atoms with Crippen LogP contribution in [0.25, 0.3) is 16.3 Å². The van der Waals surface area contributed by atoms with Gasteiger partial charge in [-0.2, -0.15) is 0 Å². The topological polar surface area (TPSA) is 45.7 Å². The van der Waals surface area contributed by atoms with Crippen LogP contribution in [-0.2, 0) is 4.79 Å². The van der Waals surface area contributed by atoms with E-state index in [1.165, 1.54) is 9.71 Å². The average molecular weight is 436 g/mol.